The molecule has 0 aliphatic rings. The zero-order valence-electron chi connectivity index (χ0n) is 4.88. The van der Waals surface area contributed by atoms with Crippen LogP contribution in [0.4, 0.5) is 0 Å². The second-order valence-corrected chi connectivity index (χ2v) is 5.34. The van der Waals surface area contributed by atoms with Gasteiger partial charge in [-0.2, -0.15) is 0 Å². The molecule has 47 valence electrons. The van der Waals surface area contributed by atoms with E-state index in [0.717, 1.165) is 0 Å². The van der Waals surface area contributed by atoms with Crippen molar-refractivity contribution in [3.05, 3.63) is 0 Å². The van der Waals surface area contributed by atoms with Crippen LogP contribution >= 0.6 is 7.14 Å². The fourth-order valence-electron chi connectivity index (χ4n) is 0.182. The summed E-state index contributed by atoms with van der Waals surface area (Å²) in [5, 5.41) is 0. The third-order valence-electron chi connectivity index (χ3n) is 0.434. The fraction of sp³-hybridized carbons (Fsp3) is 0.750. The van der Waals surface area contributed by atoms with Crippen LogP contribution in [0.5, 0.6) is 0 Å². The Labute approximate surface area is 48.4 Å². The first-order valence-electron chi connectivity index (χ1n) is 2.09. The quantitative estimate of drug-likeness (QED) is 0.533. The molecule has 0 saturated carbocycles. The van der Waals surface area contributed by atoms with Crippen molar-refractivity contribution in [2.45, 2.75) is 0 Å². The molecule has 0 spiro atoms. The van der Waals surface area contributed by atoms with Crippen molar-refractivity contribution in [3.63, 3.8) is 0 Å². The van der Waals surface area contributed by atoms with Crippen molar-refractivity contribution in [1.29, 1.82) is 0 Å². The van der Waals surface area contributed by atoms with Gasteiger partial charge in [0, 0.05) is 0 Å². The molecular formula is C4H8O3P. The number of ether oxygens (including phenoxy) is 1. The van der Waals surface area contributed by atoms with Crippen LogP contribution in [0.3, 0.4) is 0 Å². The van der Waals surface area contributed by atoms with Crippen LogP contribution in [-0.4, -0.2) is 26.1 Å². The van der Waals surface area contributed by atoms with Crippen molar-refractivity contribution in [2.75, 3.05) is 19.7 Å². The summed E-state index contributed by atoms with van der Waals surface area (Å²) in [6.07, 6.45) is -0.00347. The Morgan fingerprint density at radius 1 is 1.62 bits per heavy atom. The molecule has 0 amide bonds. The van der Waals surface area contributed by atoms with E-state index in [4.69, 9.17) is 0 Å². The molecule has 0 bridgehead atoms. The van der Waals surface area contributed by atoms with Gasteiger partial charge in [-0.25, -0.2) is 4.79 Å². The highest BCUT2D eigenvalue weighted by atomic mass is 31.2. The summed E-state index contributed by atoms with van der Waals surface area (Å²) < 4.78 is 14.8. The standard InChI is InChI=1S/C4H8O3P/c1-8(2,6)4-7-3-5/h4H2,1-2H3. The van der Waals surface area contributed by atoms with Crippen molar-refractivity contribution in [3.8, 4) is 0 Å². The van der Waals surface area contributed by atoms with Gasteiger partial charge in [-0.3, -0.25) is 0 Å². The molecule has 0 aromatic heterocycles. The molecule has 0 aliphatic carbocycles. The SMILES string of the molecule is CP(C)(=O)CO[C]=O. The molecule has 8 heavy (non-hydrogen) atoms. The highest BCUT2D eigenvalue weighted by molar-refractivity contribution is 7.62. The van der Waals surface area contributed by atoms with E-state index in [1.165, 1.54) is 6.47 Å². The smallest absolute Gasteiger partial charge is 0.417 e. The molecule has 0 heterocycles. The average Bonchev–Trinajstić information content (AvgIpc) is 1.59. The van der Waals surface area contributed by atoms with Gasteiger partial charge in [-0.15, -0.1) is 0 Å². The Morgan fingerprint density at radius 2 is 2.12 bits per heavy atom. The van der Waals surface area contributed by atoms with Crippen LogP contribution in [0.1, 0.15) is 0 Å². The fourth-order valence-corrected chi connectivity index (χ4v) is 0.545. The highest BCUT2D eigenvalue weighted by Crippen LogP contribution is 2.34. The Kier molecular flexibility index (Phi) is 2.77. The van der Waals surface area contributed by atoms with Gasteiger partial charge in [-0.1, -0.05) is 0 Å². The summed E-state index contributed by atoms with van der Waals surface area (Å²) in [7, 11) is -2.17. The van der Waals surface area contributed by atoms with Crippen LogP contribution in [0.2, 0.25) is 0 Å². The minimum Gasteiger partial charge on any atom is -0.449 e. The molecular weight excluding hydrogens is 127 g/mol. The van der Waals surface area contributed by atoms with Crippen LogP contribution in [0.25, 0.3) is 0 Å². The van der Waals surface area contributed by atoms with Crippen molar-refractivity contribution < 1.29 is 14.1 Å². The zero-order valence-corrected chi connectivity index (χ0v) is 5.77. The van der Waals surface area contributed by atoms with Crippen LogP contribution in [0.15, 0.2) is 0 Å². The molecule has 0 aliphatic heterocycles. The maximum Gasteiger partial charge on any atom is 0.417 e. The third-order valence-corrected chi connectivity index (χ3v) is 1.19. The van der Waals surface area contributed by atoms with Crippen molar-refractivity contribution in [2.24, 2.45) is 0 Å². The largest absolute Gasteiger partial charge is 0.449 e. The van der Waals surface area contributed by atoms with Crippen molar-refractivity contribution in [1.82, 2.24) is 0 Å². The lowest BCUT2D eigenvalue weighted by molar-refractivity contribution is 0.327. The van der Waals surface area contributed by atoms with E-state index in [1.54, 1.807) is 13.3 Å². The van der Waals surface area contributed by atoms with Gasteiger partial charge < -0.3 is 9.30 Å². The number of carbonyl (C=O) groups excluding carboxylic acids is 1. The molecule has 0 N–H and O–H groups in total. The zero-order chi connectivity index (χ0) is 6.62. The first-order valence-corrected chi connectivity index (χ1v) is 4.88. The van der Waals surface area contributed by atoms with Gasteiger partial charge in [0.15, 0.2) is 0 Å². The van der Waals surface area contributed by atoms with Gasteiger partial charge in [0.05, 0.1) is 0 Å². The summed E-state index contributed by atoms with van der Waals surface area (Å²) in [4.78, 5) is 9.38. The number of rotatable bonds is 3. The van der Waals surface area contributed by atoms with E-state index < -0.39 is 7.14 Å². The van der Waals surface area contributed by atoms with Crippen LogP contribution in [0, 0.1) is 0 Å². The third kappa shape index (κ3) is 5.70. The number of hydrogen-bond acceptors (Lipinski definition) is 3. The molecule has 0 saturated heterocycles. The summed E-state index contributed by atoms with van der Waals surface area (Å²) in [6.45, 7) is 4.29. The Bertz CT molecular complexity index is 114. The molecule has 3 nitrogen and oxygen atoms in total. The second-order valence-electron chi connectivity index (χ2n) is 1.93. The first kappa shape index (κ1) is 7.70. The normalized spacial score (nSPS) is 10.8. The summed E-state index contributed by atoms with van der Waals surface area (Å²) in [6, 6.07) is 0. The predicted octanol–water partition coefficient (Wildman–Crippen LogP) is 0.650. The summed E-state index contributed by atoms with van der Waals surface area (Å²) in [5.74, 6) is 0. The van der Waals surface area contributed by atoms with E-state index >= 15 is 0 Å². The van der Waals surface area contributed by atoms with E-state index in [0.29, 0.717) is 0 Å². The Morgan fingerprint density at radius 3 is 2.25 bits per heavy atom. The predicted molar refractivity (Wildman–Crippen MR) is 31.1 cm³/mol. The Hall–Kier alpha value is -0.300. The molecule has 4 heteroatoms. The highest BCUT2D eigenvalue weighted by Gasteiger charge is 2.05. The van der Waals surface area contributed by atoms with Gasteiger partial charge in [0.1, 0.15) is 13.5 Å². The lowest BCUT2D eigenvalue weighted by Gasteiger charge is -2.00. The lowest BCUT2D eigenvalue weighted by Crippen LogP contribution is -1.90. The minimum atomic E-state index is -2.17. The van der Waals surface area contributed by atoms with E-state index in [9.17, 15) is 9.36 Å². The van der Waals surface area contributed by atoms with Gasteiger partial charge in [0.25, 0.3) is 0 Å². The van der Waals surface area contributed by atoms with E-state index in [-0.39, 0.29) is 6.35 Å². The molecule has 0 aromatic rings. The van der Waals surface area contributed by atoms with Gasteiger partial charge >= 0.3 is 6.47 Å². The van der Waals surface area contributed by atoms with Crippen molar-refractivity contribution >= 4 is 13.6 Å². The average molecular weight is 135 g/mol. The first-order chi connectivity index (χ1) is 3.56. The monoisotopic (exact) mass is 135 g/mol. The maximum atomic E-state index is 10.7. The van der Waals surface area contributed by atoms with Crippen LogP contribution in [-0.2, 0) is 14.1 Å². The molecule has 0 rings (SSSR count). The Balaban J connectivity index is 3.40. The van der Waals surface area contributed by atoms with Gasteiger partial charge in [0.2, 0.25) is 0 Å². The van der Waals surface area contributed by atoms with E-state index in [1.807, 2.05) is 0 Å². The molecule has 1 radical (unpaired) electrons. The summed E-state index contributed by atoms with van der Waals surface area (Å²) in [5.41, 5.74) is 0. The maximum absolute atomic E-state index is 10.7. The second kappa shape index (κ2) is 2.88. The molecule has 0 unspecified atom stereocenters. The molecule has 0 atom stereocenters. The van der Waals surface area contributed by atoms with Crippen LogP contribution < -0.4 is 0 Å². The minimum absolute atomic E-state index is 0.00347. The van der Waals surface area contributed by atoms with E-state index in [2.05, 4.69) is 4.74 Å². The van der Waals surface area contributed by atoms with Gasteiger partial charge in [-0.05, 0) is 13.3 Å². The topological polar surface area (TPSA) is 43.4 Å². The summed E-state index contributed by atoms with van der Waals surface area (Å²) >= 11 is 0. The molecule has 0 aromatic carbocycles. The lowest BCUT2D eigenvalue weighted by atomic mass is 11.5. The number of hydrogen-bond donors (Lipinski definition) is 0. The molecule has 0 fully saturated rings.